The lowest BCUT2D eigenvalue weighted by molar-refractivity contribution is 0.0619. The molecule has 0 saturated carbocycles. The number of allylic oxidation sites excluding steroid dienone is 1. The summed E-state index contributed by atoms with van der Waals surface area (Å²) in [6.45, 7) is 4.61. The number of hydrogen-bond acceptors (Lipinski definition) is 9. The molecule has 0 bridgehead atoms. The van der Waals surface area contributed by atoms with E-state index in [2.05, 4.69) is 16.0 Å². The minimum Gasteiger partial charge on any atom is -0.401 e. The molecule has 39 heavy (non-hydrogen) atoms. The Labute approximate surface area is 230 Å². The fourth-order valence-corrected chi connectivity index (χ4v) is 5.11. The number of ether oxygens (including phenoxy) is 1. The standard InChI is InChI=1S/C22H32N7O3P.C6H6/c1-14(23)21(28(2)24)16-11-18-20(26-12-16)17-3-4-19(25-7-10-33(30)31)27-22(17)29(18)13-15-5-8-32-9-6-15;1-2-4-6-5-3-1/h3-4,11-12,15,30-31H,5-10,13,23-24H2,1-2H3,(H,25,27);1-6H/b21-14-;. The third-order valence-electron chi connectivity index (χ3n) is 6.61. The minimum absolute atomic E-state index is 0.283. The summed E-state index contributed by atoms with van der Waals surface area (Å²) in [5, 5.41) is 5.67. The highest BCUT2D eigenvalue weighted by atomic mass is 31.2. The van der Waals surface area contributed by atoms with Gasteiger partial charge in [-0.2, -0.15) is 0 Å². The van der Waals surface area contributed by atoms with E-state index in [9.17, 15) is 9.79 Å². The summed E-state index contributed by atoms with van der Waals surface area (Å²) < 4.78 is 7.78. The highest BCUT2D eigenvalue weighted by Crippen LogP contribution is 2.32. The van der Waals surface area contributed by atoms with Gasteiger partial charge >= 0.3 is 0 Å². The highest BCUT2D eigenvalue weighted by Gasteiger charge is 2.21. The molecule has 0 amide bonds. The number of hydrogen-bond donors (Lipinski definition) is 5. The van der Waals surface area contributed by atoms with Gasteiger partial charge in [-0.1, -0.05) is 36.4 Å². The fraction of sp³-hybridized carbons (Fsp3) is 0.357. The fourth-order valence-electron chi connectivity index (χ4n) is 4.80. The van der Waals surface area contributed by atoms with Crippen LogP contribution in [0.1, 0.15) is 25.3 Å². The number of aromatic nitrogens is 3. The van der Waals surface area contributed by atoms with E-state index in [0.29, 0.717) is 24.0 Å². The molecule has 1 aliphatic rings. The van der Waals surface area contributed by atoms with Crippen LogP contribution in [0.2, 0.25) is 0 Å². The number of nitrogens with zero attached hydrogens (tertiary/aromatic N) is 4. The molecule has 0 atom stereocenters. The van der Waals surface area contributed by atoms with E-state index in [1.165, 1.54) is 5.01 Å². The van der Waals surface area contributed by atoms with Crippen molar-refractivity contribution in [2.24, 2.45) is 17.5 Å². The number of anilines is 1. The van der Waals surface area contributed by atoms with Crippen molar-refractivity contribution in [2.45, 2.75) is 26.3 Å². The van der Waals surface area contributed by atoms with Crippen molar-refractivity contribution in [3.63, 3.8) is 0 Å². The Bertz CT molecular complexity index is 1360. The zero-order valence-corrected chi connectivity index (χ0v) is 23.4. The summed E-state index contributed by atoms with van der Waals surface area (Å²) >= 11 is 0. The topological polar surface area (TPSA) is 148 Å². The van der Waals surface area contributed by atoms with E-state index >= 15 is 0 Å². The molecular formula is C28H38N7O3P. The van der Waals surface area contributed by atoms with Gasteiger partial charge in [0.2, 0.25) is 0 Å². The molecule has 208 valence electrons. The minimum atomic E-state index is -1.93. The normalized spacial score (nSPS) is 14.7. The summed E-state index contributed by atoms with van der Waals surface area (Å²) in [5.74, 6) is 7.23. The number of hydrazine groups is 1. The van der Waals surface area contributed by atoms with Crippen LogP contribution in [0.5, 0.6) is 0 Å². The average Bonchev–Trinajstić information content (AvgIpc) is 3.22. The first-order valence-corrected chi connectivity index (χ1v) is 14.5. The summed E-state index contributed by atoms with van der Waals surface area (Å²) in [5.41, 5.74) is 11.0. The Morgan fingerprint density at radius 2 is 1.82 bits per heavy atom. The molecule has 3 aromatic heterocycles. The van der Waals surface area contributed by atoms with Crippen LogP contribution in [0.3, 0.4) is 0 Å². The smallest absolute Gasteiger partial charge is 0.166 e. The monoisotopic (exact) mass is 551 g/mol. The van der Waals surface area contributed by atoms with Crippen molar-refractivity contribution in [2.75, 3.05) is 38.3 Å². The first-order chi connectivity index (χ1) is 18.8. The summed E-state index contributed by atoms with van der Waals surface area (Å²) in [7, 11) is -0.171. The number of nitrogens with one attached hydrogen (secondary N) is 1. The van der Waals surface area contributed by atoms with Gasteiger partial charge in [0.25, 0.3) is 0 Å². The SMILES string of the molecule is C/C(N)=C(\c1cnc2c3ccc(NCCP(O)O)nc3n(CC3CCOCC3)c2c1)N(C)N.c1ccccc1. The van der Waals surface area contributed by atoms with Crippen molar-refractivity contribution in [3.05, 3.63) is 72.1 Å². The quantitative estimate of drug-likeness (QED) is 0.125. The lowest BCUT2D eigenvalue weighted by Gasteiger charge is -2.23. The van der Waals surface area contributed by atoms with Gasteiger partial charge in [0.1, 0.15) is 11.5 Å². The van der Waals surface area contributed by atoms with Crippen LogP contribution in [-0.2, 0) is 11.3 Å². The number of benzene rings is 1. The van der Waals surface area contributed by atoms with Crippen molar-refractivity contribution in [3.8, 4) is 0 Å². The van der Waals surface area contributed by atoms with E-state index in [4.69, 9.17) is 26.3 Å². The molecule has 11 heteroatoms. The van der Waals surface area contributed by atoms with Crippen molar-refractivity contribution >= 4 is 42.0 Å². The molecule has 10 nitrogen and oxygen atoms in total. The molecule has 7 N–H and O–H groups in total. The van der Waals surface area contributed by atoms with Gasteiger partial charge in [0.15, 0.2) is 8.38 Å². The third-order valence-corrected chi connectivity index (χ3v) is 7.23. The maximum atomic E-state index is 9.19. The summed E-state index contributed by atoms with van der Waals surface area (Å²) in [6, 6.07) is 18.0. The summed E-state index contributed by atoms with van der Waals surface area (Å²) in [4.78, 5) is 28.0. The lowest BCUT2D eigenvalue weighted by atomic mass is 10.0. The second kappa shape index (κ2) is 13.7. The van der Waals surface area contributed by atoms with Crippen molar-refractivity contribution < 1.29 is 14.5 Å². The Morgan fingerprint density at radius 1 is 1.15 bits per heavy atom. The lowest BCUT2D eigenvalue weighted by Crippen LogP contribution is -2.26. The molecule has 5 rings (SSSR count). The Hall–Kier alpha value is -3.27. The molecule has 4 heterocycles. The first kappa shape index (κ1) is 28.7. The third kappa shape index (κ3) is 7.44. The molecule has 0 radical (unpaired) electrons. The van der Waals surface area contributed by atoms with Gasteiger partial charge in [0, 0.05) is 62.4 Å². The molecule has 0 aliphatic carbocycles. The molecule has 1 fully saturated rings. The van der Waals surface area contributed by atoms with E-state index in [1.54, 1.807) is 13.2 Å². The summed E-state index contributed by atoms with van der Waals surface area (Å²) in [6.07, 6.45) is 4.08. The zero-order chi connectivity index (χ0) is 27.8. The van der Waals surface area contributed by atoms with Crippen LogP contribution in [0.4, 0.5) is 5.82 Å². The number of rotatable bonds is 8. The molecule has 1 aromatic carbocycles. The van der Waals surface area contributed by atoms with Crippen LogP contribution in [0.15, 0.2) is 66.5 Å². The van der Waals surface area contributed by atoms with Gasteiger partial charge in [0.05, 0.1) is 16.7 Å². The molecule has 0 spiro atoms. The van der Waals surface area contributed by atoms with Gasteiger partial charge in [-0.3, -0.25) is 4.98 Å². The van der Waals surface area contributed by atoms with Crippen LogP contribution >= 0.6 is 8.38 Å². The Morgan fingerprint density at radius 3 is 2.41 bits per heavy atom. The van der Waals surface area contributed by atoms with E-state index in [1.807, 2.05) is 55.5 Å². The number of fused-ring (bicyclic) bond motifs is 3. The average molecular weight is 552 g/mol. The van der Waals surface area contributed by atoms with E-state index < -0.39 is 8.38 Å². The van der Waals surface area contributed by atoms with Gasteiger partial charge in [-0.25, -0.2) is 10.8 Å². The maximum absolute atomic E-state index is 9.19. The second-order valence-corrected chi connectivity index (χ2v) is 10.8. The van der Waals surface area contributed by atoms with Crippen molar-refractivity contribution in [1.29, 1.82) is 0 Å². The Balaban J connectivity index is 0.000000519. The van der Waals surface area contributed by atoms with Gasteiger partial charge in [-0.15, -0.1) is 0 Å². The number of pyridine rings is 2. The maximum Gasteiger partial charge on any atom is 0.166 e. The molecule has 0 unspecified atom stereocenters. The Kier molecular flexibility index (Phi) is 10.1. The van der Waals surface area contributed by atoms with E-state index in [-0.39, 0.29) is 6.16 Å². The number of nitrogens with two attached hydrogens (primary N) is 2. The van der Waals surface area contributed by atoms with Crippen LogP contribution < -0.4 is 16.9 Å². The van der Waals surface area contributed by atoms with Gasteiger partial charge in [-0.05, 0) is 43.9 Å². The van der Waals surface area contributed by atoms with Crippen molar-refractivity contribution in [1.82, 2.24) is 19.5 Å². The predicted octanol–water partition coefficient (Wildman–Crippen LogP) is 3.86. The largest absolute Gasteiger partial charge is 0.401 e. The zero-order valence-electron chi connectivity index (χ0n) is 22.5. The highest BCUT2D eigenvalue weighted by molar-refractivity contribution is 7.45. The molecule has 4 aromatic rings. The van der Waals surface area contributed by atoms with E-state index in [0.717, 1.165) is 65.9 Å². The van der Waals surface area contributed by atoms with Crippen LogP contribution in [0, 0.1) is 5.92 Å². The van der Waals surface area contributed by atoms with Crippen LogP contribution in [-0.4, -0.2) is 62.3 Å². The predicted molar refractivity (Wildman–Crippen MR) is 158 cm³/mol. The molecular weight excluding hydrogens is 513 g/mol. The molecule has 1 saturated heterocycles. The molecule has 1 aliphatic heterocycles. The van der Waals surface area contributed by atoms with Crippen LogP contribution in [0.25, 0.3) is 27.8 Å². The first-order valence-electron chi connectivity index (χ1n) is 13.1. The second-order valence-electron chi connectivity index (χ2n) is 9.65. The van der Waals surface area contributed by atoms with Gasteiger partial charge < -0.3 is 35.2 Å².